The van der Waals surface area contributed by atoms with E-state index in [-0.39, 0.29) is 6.54 Å². The summed E-state index contributed by atoms with van der Waals surface area (Å²) in [6.45, 7) is -0.237. The van der Waals surface area contributed by atoms with Gasteiger partial charge in [-0.15, -0.1) is 0 Å². The SMILES string of the molecule is COC(=O)/C=C/NCCF. The van der Waals surface area contributed by atoms with Crippen molar-refractivity contribution in [3.8, 4) is 0 Å². The second-order valence-electron chi connectivity index (χ2n) is 1.50. The maximum absolute atomic E-state index is 11.4. The molecule has 0 aromatic rings. The highest BCUT2D eigenvalue weighted by molar-refractivity contribution is 5.81. The van der Waals surface area contributed by atoms with Gasteiger partial charge in [0.25, 0.3) is 0 Å². The molecule has 0 spiro atoms. The van der Waals surface area contributed by atoms with Crippen LogP contribution < -0.4 is 5.32 Å². The van der Waals surface area contributed by atoms with Gasteiger partial charge in [0.15, 0.2) is 0 Å². The standard InChI is InChI=1S/C6H10FNO2/c1-10-6(9)2-4-8-5-3-7/h2,4,8H,3,5H2,1H3/b4-2+. The number of nitrogens with one attached hydrogen (secondary N) is 1. The first kappa shape index (κ1) is 8.94. The van der Waals surface area contributed by atoms with Gasteiger partial charge in [-0.05, 0) is 0 Å². The van der Waals surface area contributed by atoms with Crippen LogP contribution in [0.25, 0.3) is 0 Å². The smallest absolute Gasteiger partial charge is 0.331 e. The summed E-state index contributed by atoms with van der Waals surface area (Å²) in [4.78, 5) is 10.3. The predicted molar refractivity (Wildman–Crippen MR) is 35.1 cm³/mol. The zero-order valence-corrected chi connectivity index (χ0v) is 5.76. The Morgan fingerprint density at radius 2 is 2.50 bits per heavy atom. The van der Waals surface area contributed by atoms with E-state index in [1.54, 1.807) is 0 Å². The number of halogens is 1. The normalized spacial score (nSPS) is 9.80. The molecule has 0 aliphatic heterocycles. The van der Waals surface area contributed by atoms with Gasteiger partial charge in [-0.2, -0.15) is 0 Å². The topological polar surface area (TPSA) is 38.3 Å². The minimum atomic E-state index is -0.453. The van der Waals surface area contributed by atoms with Crippen molar-refractivity contribution in [1.29, 1.82) is 0 Å². The first-order valence-electron chi connectivity index (χ1n) is 2.85. The summed E-state index contributed by atoms with van der Waals surface area (Å²) in [5.74, 6) is -0.452. The lowest BCUT2D eigenvalue weighted by Crippen LogP contribution is -2.09. The molecule has 0 aromatic heterocycles. The summed E-state index contributed by atoms with van der Waals surface area (Å²) < 4.78 is 15.7. The molecule has 0 unspecified atom stereocenters. The van der Waals surface area contributed by atoms with Crippen molar-refractivity contribution >= 4 is 5.97 Å². The summed E-state index contributed by atoms with van der Waals surface area (Å²) >= 11 is 0. The van der Waals surface area contributed by atoms with Crippen LogP contribution >= 0.6 is 0 Å². The van der Waals surface area contributed by atoms with Crippen molar-refractivity contribution in [2.24, 2.45) is 0 Å². The van der Waals surface area contributed by atoms with Crippen molar-refractivity contribution in [3.63, 3.8) is 0 Å². The summed E-state index contributed by atoms with van der Waals surface area (Å²) in [6.07, 6.45) is 2.54. The van der Waals surface area contributed by atoms with Gasteiger partial charge in [0.1, 0.15) is 6.67 Å². The molecular weight excluding hydrogens is 137 g/mol. The minimum absolute atomic E-state index is 0.216. The molecule has 0 amide bonds. The Hall–Kier alpha value is -1.06. The summed E-state index contributed by atoms with van der Waals surface area (Å²) in [5, 5.41) is 2.54. The molecule has 4 heteroatoms. The predicted octanol–water partition coefficient (Wildman–Crippen LogP) is 0.232. The molecule has 0 bridgehead atoms. The monoisotopic (exact) mass is 147 g/mol. The summed E-state index contributed by atoms with van der Waals surface area (Å²) in [5.41, 5.74) is 0. The second-order valence-corrected chi connectivity index (χ2v) is 1.50. The number of hydrogen-bond donors (Lipinski definition) is 1. The number of hydrogen-bond acceptors (Lipinski definition) is 3. The van der Waals surface area contributed by atoms with Gasteiger partial charge >= 0.3 is 5.97 Å². The molecule has 58 valence electrons. The summed E-state index contributed by atoms with van der Waals surface area (Å²) in [6, 6.07) is 0. The van der Waals surface area contributed by atoms with Crippen molar-refractivity contribution < 1.29 is 13.9 Å². The number of rotatable bonds is 4. The average molecular weight is 147 g/mol. The largest absolute Gasteiger partial charge is 0.466 e. The zero-order chi connectivity index (χ0) is 7.82. The van der Waals surface area contributed by atoms with E-state index in [1.165, 1.54) is 19.4 Å². The lowest BCUT2D eigenvalue weighted by Gasteiger charge is -1.92. The molecule has 10 heavy (non-hydrogen) atoms. The molecule has 0 aliphatic rings. The molecule has 0 saturated heterocycles. The lowest BCUT2D eigenvalue weighted by atomic mass is 10.6. The molecule has 0 aromatic carbocycles. The molecule has 1 N–H and O–H groups in total. The van der Waals surface area contributed by atoms with Gasteiger partial charge < -0.3 is 10.1 Å². The van der Waals surface area contributed by atoms with Gasteiger partial charge in [-0.1, -0.05) is 0 Å². The zero-order valence-electron chi connectivity index (χ0n) is 5.76. The molecular formula is C6H10FNO2. The van der Waals surface area contributed by atoms with E-state index in [4.69, 9.17) is 0 Å². The van der Waals surface area contributed by atoms with E-state index >= 15 is 0 Å². The molecule has 0 radical (unpaired) electrons. The maximum Gasteiger partial charge on any atom is 0.331 e. The molecule has 0 aliphatic carbocycles. The third kappa shape index (κ3) is 5.08. The second kappa shape index (κ2) is 6.07. The van der Waals surface area contributed by atoms with Gasteiger partial charge in [0.2, 0.25) is 0 Å². The van der Waals surface area contributed by atoms with Crippen LogP contribution in [-0.2, 0) is 9.53 Å². The molecule has 0 saturated carbocycles. The highest BCUT2D eigenvalue weighted by Crippen LogP contribution is 1.74. The maximum atomic E-state index is 11.4. The first-order chi connectivity index (χ1) is 4.81. The number of carbonyl (C=O) groups excluding carboxylic acids is 1. The quantitative estimate of drug-likeness (QED) is 0.351. The molecule has 0 fully saturated rings. The molecule has 3 nitrogen and oxygen atoms in total. The number of alkyl halides is 1. The number of esters is 1. The van der Waals surface area contributed by atoms with E-state index in [0.717, 1.165) is 0 Å². The van der Waals surface area contributed by atoms with Crippen molar-refractivity contribution in [2.75, 3.05) is 20.3 Å². The van der Waals surface area contributed by atoms with Crippen LogP contribution in [0.2, 0.25) is 0 Å². The molecule has 0 rings (SSSR count). The average Bonchev–Trinajstić information content (AvgIpc) is 1.98. The lowest BCUT2D eigenvalue weighted by molar-refractivity contribution is -0.134. The van der Waals surface area contributed by atoms with Crippen LogP contribution in [0, 0.1) is 0 Å². The number of methoxy groups -OCH3 is 1. The molecule has 0 heterocycles. The van der Waals surface area contributed by atoms with Crippen molar-refractivity contribution in [1.82, 2.24) is 5.32 Å². The Balaban J connectivity index is 3.27. The van der Waals surface area contributed by atoms with Gasteiger partial charge in [-0.3, -0.25) is 0 Å². The van der Waals surface area contributed by atoms with E-state index < -0.39 is 12.6 Å². The Morgan fingerprint density at radius 1 is 1.80 bits per heavy atom. The Labute approximate surface area is 58.9 Å². The van der Waals surface area contributed by atoms with Gasteiger partial charge in [-0.25, -0.2) is 9.18 Å². The van der Waals surface area contributed by atoms with Crippen LogP contribution in [0.3, 0.4) is 0 Å². The van der Waals surface area contributed by atoms with E-state index in [2.05, 4.69) is 10.1 Å². The van der Waals surface area contributed by atoms with Crippen molar-refractivity contribution in [2.45, 2.75) is 0 Å². The number of carbonyl (C=O) groups is 1. The highest BCUT2D eigenvalue weighted by Gasteiger charge is 1.87. The molecule has 0 atom stereocenters. The van der Waals surface area contributed by atoms with Crippen LogP contribution in [0.1, 0.15) is 0 Å². The fourth-order valence-corrected chi connectivity index (χ4v) is 0.333. The fourth-order valence-electron chi connectivity index (χ4n) is 0.333. The summed E-state index contributed by atoms with van der Waals surface area (Å²) in [7, 11) is 1.28. The minimum Gasteiger partial charge on any atom is -0.466 e. The van der Waals surface area contributed by atoms with E-state index in [0.29, 0.717) is 0 Å². The van der Waals surface area contributed by atoms with E-state index in [9.17, 15) is 9.18 Å². The van der Waals surface area contributed by atoms with Gasteiger partial charge in [0.05, 0.1) is 7.11 Å². The van der Waals surface area contributed by atoms with Gasteiger partial charge in [0, 0.05) is 18.8 Å². The van der Waals surface area contributed by atoms with Crippen LogP contribution in [0.5, 0.6) is 0 Å². The highest BCUT2D eigenvalue weighted by atomic mass is 19.1. The van der Waals surface area contributed by atoms with Crippen molar-refractivity contribution in [3.05, 3.63) is 12.3 Å². The fraction of sp³-hybridized carbons (Fsp3) is 0.500. The van der Waals surface area contributed by atoms with Crippen LogP contribution in [0.15, 0.2) is 12.3 Å². The Morgan fingerprint density at radius 3 is 3.00 bits per heavy atom. The van der Waals surface area contributed by atoms with Crippen LogP contribution in [-0.4, -0.2) is 26.3 Å². The van der Waals surface area contributed by atoms with E-state index in [1.807, 2.05) is 0 Å². The Bertz CT molecular complexity index is 125. The number of ether oxygens (including phenoxy) is 1. The third-order valence-electron chi connectivity index (χ3n) is 0.777. The van der Waals surface area contributed by atoms with Crippen LogP contribution in [0.4, 0.5) is 4.39 Å². The third-order valence-corrected chi connectivity index (χ3v) is 0.777. The Kier molecular flexibility index (Phi) is 5.42. The first-order valence-corrected chi connectivity index (χ1v) is 2.85.